The number of benzene rings is 1. The van der Waals surface area contributed by atoms with E-state index in [0.717, 1.165) is 12.0 Å². The van der Waals surface area contributed by atoms with Crippen molar-refractivity contribution in [1.29, 1.82) is 0 Å². The maximum atomic E-state index is 11.6. The monoisotopic (exact) mass is 261 g/mol. The lowest BCUT2D eigenvalue weighted by molar-refractivity contribution is -0.146. The van der Waals surface area contributed by atoms with Crippen molar-refractivity contribution >= 4 is 18.0 Å². The number of carbonyl (C=O) groups is 2. The van der Waals surface area contributed by atoms with Crippen molar-refractivity contribution in [2.75, 3.05) is 6.61 Å². The molecule has 1 rings (SSSR count). The molecule has 0 heterocycles. The third-order valence-electron chi connectivity index (χ3n) is 2.39. The summed E-state index contributed by atoms with van der Waals surface area (Å²) in [7, 11) is 0. The van der Waals surface area contributed by atoms with Crippen molar-refractivity contribution in [1.82, 2.24) is 5.32 Å². The molecule has 0 aliphatic carbocycles. The number of amides is 1. The average Bonchev–Trinajstić information content (AvgIpc) is 2.43. The largest absolute Gasteiger partial charge is 0.464 e. The Morgan fingerprint density at radius 1 is 1.32 bits per heavy atom. The number of hydrogen-bond acceptors (Lipinski definition) is 3. The third-order valence-corrected chi connectivity index (χ3v) is 2.39. The van der Waals surface area contributed by atoms with E-state index in [2.05, 4.69) is 5.32 Å². The van der Waals surface area contributed by atoms with Gasteiger partial charge in [-0.15, -0.1) is 0 Å². The minimum atomic E-state index is -0.639. The molecule has 1 atom stereocenters. The predicted octanol–water partition coefficient (Wildman–Crippen LogP) is 2.16. The van der Waals surface area contributed by atoms with Gasteiger partial charge in [0.25, 0.3) is 0 Å². The van der Waals surface area contributed by atoms with Gasteiger partial charge in [0.05, 0.1) is 6.61 Å². The Hall–Kier alpha value is -2.10. The molecule has 0 bridgehead atoms. The van der Waals surface area contributed by atoms with Gasteiger partial charge >= 0.3 is 5.97 Å². The minimum absolute atomic E-state index is 0.315. The first-order chi connectivity index (χ1) is 9.13. The fourth-order valence-electron chi connectivity index (χ4n) is 1.38. The second-order valence-electron chi connectivity index (χ2n) is 4.14. The number of rotatable bonds is 6. The third kappa shape index (κ3) is 5.86. The summed E-state index contributed by atoms with van der Waals surface area (Å²) < 4.78 is 4.94. The predicted molar refractivity (Wildman–Crippen MR) is 74.3 cm³/mol. The molecule has 0 unspecified atom stereocenters. The summed E-state index contributed by atoms with van der Waals surface area (Å²) >= 11 is 0. The molecular formula is C15H19NO3. The van der Waals surface area contributed by atoms with Crippen molar-refractivity contribution in [3.63, 3.8) is 0 Å². The first-order valence-corrected chi connectivity index (χ1v) is 6.33. The van der Waals surface area contributed by atoms with Crippen LogP contribution in [0.5, 0.6) is 0 Å². The molecule has 102 valence electrons. The van der Waals surface area contributed by atoms with Gasteiger partial charge in [-0.2, -0.15) is 0 Å². The summed E-state index contributed by atoms with van der Waals surface area (Å²) in [6, 6.07) is 8.83. The van der Waals surface area contributed by atoms with E-state index in [9.17, 15) is 9.59 Å². The minimum Gasteiger partial charge on any atom is -0.464 e. The summed E-state index contributed by atoms with van der Waals surface area (Å²) in [5, 5.41) is 2.56. The maximum Gasteiger partial charge on any atom is 0.328 e. The Balaban J connectivity index is 2.42. The van der Waals surface area contributed by atoms with Gasteiger partial charge in [0.2, 0.25) is 5.91 Å². The van der Waals surface area contributed by atoms with Crippen LogP contribution in [0.15, 0.2) is 36.4 Å². The van der Waals surface area contributed by atoms with E-state index in [1.165, 1.54) is 6.08 Å². The molecule has 0 radical (unpaired) electrons. The van der Waals surface area contributed by atoms with E-state index in [1.54, 1.807) is 13.0 Å². The van der Waals surface area contributed by atoms with E-state index in [-0.39, 0.29) is 5.91 Å². The van der Waals surface area contributed by atoms with Gasteiger partial charge in [0, 0.05) is 6.08 Å². The standard InChI is InChI=1S/C15H19NO3/c1-3-11-19-15(18)12(2)16-14(17)10-9-13-7-5-4-6-8-13/h4-10,12H,3,11H2,1-2H3,(H,16,17)/b10-9+/t12-/m0/s1. The van der Waals surface area contributed by atoms with Gasteiger partial charge in [0.1, 0.15) is 6.04 Å². The van der Waals surface area contributed by atoms with Gasteiger partial charge in [-0.05, 0) is 25.0 Å². The van der Waals surface area contributed by atoms with Crippen LogP contribution in [0.1, 0.15) is 25.8 Å². The molecule has 4 heteroatoms. The van der Waals surface area contributed by atoms with Crippen LogP contribution in [-0.2, 0) is 14.3 Å². The van der Waals surface area contributed by atoms with E-state index in [4.69, 9.17) is 4.74 Å². The van der Waals surface area contributed by atoms with Crippen LogP contribution in [0.4, 0.5) is 0 Å². The number of hydrogen-bond donors (Lipinski definition) is 1. The summed E-state index contributed by atoms with van der Waals surface area (Å²) in [6.07, 6.45) is 3.86. The second-order valence-corrected chi connectivity index (χ2v) is 4.14. The molecule has 1 amide bonds. The van der Waals surface area contributed by atoms with Crippen LogP contribution in [0, 0.1) is 0 Å². The van der Waals surface area contributed by atoms with Crippen molar-refractivity contribution < 1.29 is 14.3 Å². The molecular weight excluding hydrogens is 242 g/mol. The summed E-state index contributed by atoms with van der Waals surface area (Å²) in [5.41, 5.74) is 0.930. The van der Waals surface area contributed by atoms with Crippen molar-refractivity contribution in [2.24, 2.45) is 0 Å². The van der Waals surface area contributed by atoms with E-state index in [1.807, 2.05) is 37.3 Å². The lowest BCUT2D eigenvalue weighted by Gasteiger charge is -2.11. The summed E-state index contributed by atoms with van der Waals surface area (Å²) in [4.78, 5) is 23.0. The Morgan fingerprint density at radius 3 is 2.63 bits per heavy atom. The zero-order valence-corrected chi connectivity index (χ0v) is 11.3. The first kappa shape index (κ1) is 15.0. The van der Waals surface area contributed by atoms with Gasteiger partial charge in [-0.3, -0.25) is 4.79 Å². The van der Waals surface area contributed by atoms with Crippen molar-refractivity contribution in [2.45, 2.75) is 26.3 Å². The van der Waals surface area contributed by atoms with Gasteiger partial charge in [-0.25, -0.2) is 4.79 Å². The highest BCUT2D eigenvalue weighted by molar-refractivity contribution is 5.94. The van der Waals surface area contributed by atoms with E-state index in [0.29, 0.717) is 6.61 Å². The SMILES string of the molecule is CCCOC(=O)[C@H](C)NC(=O)/C=C/c1ccccc1. The van der Waals surface area contributed by atoms with E-state index >= 15 is 0 Å². The van der Waals surface area contributed by atoms with Crippen LogP contribution in [0.3, 0.4) is 0 Å². The lowest BCUT2D eigenvalue weighted by atomic mass is 10.2. The number of esters is 1. The van der Waals surface area contributed by atoms with E-state index < -0.39 is 12.0 Å². The molecule has 0 saturated heterocycles. The number of carbonyl (C=O) groups excluding carboxylic acids is 2. The molecule has 0 aliphatic heterocycles. The topological polar surface area (TPSA) is 55.4 Å². The molecule has 0 fully saturated rings. The zero-order chi connectivity index (χ0) is 14.1. The van der Waals surface area contributed by atoms with Crippen LogP contribution >= 0.6 is 0 Å². The molecule has 0 saturated carbocycles. The zero-order valence-electron chi connectivity index (χ0n) is 11.3. The summed E-state index contributed by atoms with van der Waals surface area (Å²) in [5.74, 6) is -0.729. The average molecular weight is 261 g/mol. The number of ether oxygens (including phenoxy) is 1. The van der Waals surface area contributed by atoms with Gasteiger partial charge in [0.15, 0.2) is 0 Å². The summed E-state index contributed by atoms with van der Waals surface area (Å²) in [6.45, 7) is 3.89. The van der Waals surface area contributed by atoms with Crippen LogP contribution in [0.25, 0.3) is 6.08 Å². The smallest absolute Gasteiger partial charge is 0.328 e. The highest BCUT2D eigenvalue weighted by Crippen LogP contribution is 2.00. The fourth-order valence-corrected chi connectivity index (χ4v) is 1.38. The molecule has 19 heavy (non-hydrogen) atoms. The van der Waals surface area contributed by atoms with Gasteiger partial charge in [-0.1, -0.05) is 37.3 Å². The normalized spacial score (nSPS) is 12.1. The molecule has 1 aromatic rings. The quantitative estimate of drug-likeness (QED) is 0.630. The Morgan fingerprint density at radius 2 is 2.00 bits per heavy atom. The second kappa shape index (κ2) is 8.08. The highest BCUT2D eigenvalue weighted by Gasteiger charge is 2.15. The number of nitrogens with one attached hydrogen (secondary N) is 1. The van der Waals surface area contributed by atoms with Crippen LogP contribution < -0.4 is 5.32 Å². The van der Waals surface area contributed by atoms with Crippen LogP contribution in [-0.4, -0.2) is 24.5 Å². The Kier molecular flexibility index (Phi) is 6.36. The van der Waals surface area contributed by atoms with Gasteiger partial charge < -0.3 is 10.1 Å². The Bertz CT molecular complexity index is 440. The highest BCUT2D eigenvalue weighted by atomic mass is 16.5. The molecule has 0 aromatic heterocycles. The van der Waals surface area contributed by atoms with Crippen molar-refractivity contribution in [3.8, 4) is 0 Å². The Labute approximate surface area is 113 Å². The lowest BCUT2D eigenvalue weighted by Crippen LogP contribution is -2.38. The first-order valence-electron chi connectivity index (χ1n) is 6.33. The van der Waals surface area contributed by atoms with Crippen molar-refractivity contribution in [3.05, 3.63) is 42.0 Å². The molecule has 0 spiro atoms. The molecule has 0 aliphatic rings. The fraction of sp³-hybridized carbons (Fsp3) is 0.333. The molecule has 1 aromatic carbocycles. The maximum absolute atomic E-state index is 11.6. The molecule has 1 N–H and O–H groups in total. The van der Waals surface area contributed by atoms with Crippen LogP contribution in [0.2, 0.25) is 0 Å². The molecule has 4 nitrogen and oxygen atoms in total.